The lowest BCUT2D eigenvalue weighted by Gasteiger charge is -2.08. The Labute approximate surface area is 129 Å². The number of hydrogen-bond donors (Lipinski definition) is 1. The van der Waals surface area contributed by atoms with Gasteiger partial charge in [-0.1, -0.05) is 29.8 Å². The van der Waals surface area contributed by atoms with Crippen LogP contribution in [-0.2, 0) is 9.84 Å². The van der Waals surface area contributed by atoms with Crippen LogP contribution in [-0.4, -0.2) is 20.8 Å². The minimum atomic E-state index is -3.37. The lowest BCUT2D eigenvalue weighted by atomic mass is 10.3. The molecule has 0 radical (unpaired) electrons. The van der Waals surface area contributed by atoms with Gasteiger partial charge in [-0.3, -0.25) is 0 Å². The van der Waals surface area contributed by atoms with E-state index in [2.05, 4.69) is 0 Å². The number of anilines is 1. The highest BCUT2D eigenvalue weighted by atomic mass is 35.5. The second kappa shape index (κ2) is 6.83. The molecule has 2 N–H and O–H groups in total. The van der Waals surface area contributed by atoms with Gasteiger partial charge in [-0.2, -0.15) is 0 Å². The first-order valence-electron chi connectivity index (χ1n) is 6.45. The van der Waals surface area contributed by atoms with Crippen LogP contribution in [0.25, 0.3) is 0 Å². The van der Waals surface area contributed by atoms with E-state index in [4.69, 9.17) is 22.1 Å². The van der Waals surface area contributed by atoms with E-state index in [1.807, 2.05) is 30.3 Å². The van der Waals surface area contributed by atoms with E-state index >= 15 is 0 Å². The van der Waals surface area contributed by atoms with Crippen LogP contribution in [0.1, 0.15) is 6.42 Å². The van der Waals surface area contributed by atoms with Crippen LogP contribution < -0.4 is 10.5 Å². The number of para-hydroxylation sites is 1. The SMILES string of the molecule is Nc1ccc(S(=O)(=O)CCCOc2ccccc2)cc1Cl. The van der Waals surface area contributed by atoms with E-state index in [1.165, 1.54) is 18.2 Å². The maximum absolute atomic E-state index is 12.2. The number of benzene rings is 2. The number of hydrogen-bond acceptors (Lipinski definition) is 4. The van der Waals surface area contributed by atoms with Gasteiger partial charge in [0.05, 0.1) is 28.0 Å². The summed E-state index contributed by atoms with van der Waals surface area (Å²) in [4.78, 5) is 0.182. The van der Waals surface area contributed by atoms with Crippen molar-refractivity contribution in [3.63, 3.8) is 0 Å². The molecule has 0 heterocycles. The Kier molecular flexibility index (Phi) is 5.09. The smallest absolute Gasteiger partial charge is 0.178 e. The van der Waals surface area contributed by atoms with E-state index in [9.17, 15) is 8.42 Å². The second-order valence-electron chi connectivity index (χ2n) is 4.52. The largest absolute Gasteiger partial charge is 0.494 e. The molecule has 0 unspecified atom stereocenters. The molecule has 0 aliphatic heterocycles. The first-order chi connectivity index (χ1) is 9.99. The molecule has 0 amide bonds. The molecule has 0 aliphatic rings. The standard InChI is InChI=1S/C15H16ClNO3S/c16-14-11-13(7-8-15(14)17)21(18,19)10-4-9-20-12-5-2-1-3-6-12/h1-3,5-8,11H,4,9-10,17H2. The predicted molar refractivity (Wildman–Crippen MR) is 84.5 cm³/mol. The monoisotopic (exact) mass is 325 g/mol. The van der Waals surface area contributed by atoms with Crippen LogP contribution in [0, 0.1) is 0 Å². The molecule has 0 aromatic heterocycles. The van der Waals surface area contributed by atoms with Gasteiger partial charge in [0.1, 0.15) is 5.75 Å². The van der Waals surface area contributed by atoms with Gasteiger partial charge >= 0.3 is 0 Å². The fraction of sp³-hybridized carbons (Fsp3) is 0.200. The summed E-state index contributed by atoms with van der Waals surface area (Å²) in [7, 11) is -3.37. The summed E-state index contributed by atoms with van der Waals surface area (Å²) < 4.78 is 29.8. The minimum absolute atomic E-state index is 0.0000799. The summed E-state index contributed by atoms with van der Waals surface area (Å²) >= 11 is 5.85. The summed E-state index contributed by atoms with van der Waals surface area (Å²) in [6.45, 7) is 0.339. The van der Waals surface area contributed by atoms with Crippen LogP contribution in [0.2, 0.25) is 5.02 Å². The number of sulfone groups is 1. The Morgan fingerprint density at radius 1 is 1.10 bits per heavy atom. The van der Waals surface area contributed by atoms with Crippen molar-refractivity contribution in [3.05, 3.63) is 53.6 Å². The van der Waals surface area contributed by atoms with Gasteiger partial charge in [-0.05, 0) is 36.8 Å². The number of nitrogen functional groups attached to an aromatic ring is 1. The van der Waals surface area contributed by atoms with Crippen LogP contribution in [0.3, 0.4) is 0 Å². The van der Waals surface area contributed by atoms with Crippen molar-refractivity contribution in [1.29, 1.82) is 0 Å². The van der Waals surface area contributed by atoms with E-state index in [0.717, 1.165) is 5.75 Å². The topological polar surface area (TPSA) is 69.4 Å². The zero-order valence-corrected chi connectivity index (χ0v) is 12.9. The lowest BCUT2D eigenvalue weighted by Crippen LogP contribution is -2.10. The Morgan fingerprint density at radius 2 is 1.81 bits per heavy atom. The summed E-state index contributed by atoms with van der Waals surface area (Å²) in [5.74, 6) is 0.727. The molecule has 6 heteroatoms. The molecule has 0 spiro atoms. The average Bonchev–Trinajstić information content (AvgIpc) is 2.47. The summed E-state index contributed by atoms with van der Waals surface area (Å²) in [5.41, 5.74) is 5.94. The molecule has 2 aromatic carbocycles. The maximum atomic E-state index is 12.2. The molecule has 0 aliphatic carbocycles. The first kappa shape index (κ1) is 15.7. The van der Waals surface area contributed by atoms with Crippen molar-refractivity contribution in [3.8, 4) is 5.75 Å². The zero-order chi connectivity index (χ0) is 15.3. The average molecular weight is 326 g/mol. The van der Waals surface area contributed by atoms with Gasteiger partial charge in [-0.25, -0.2) is 8.42 Å². The van der Waals surface area contributed by atoms with E-state index in [-0.39, 0.29) is 15.7 Å². The molecule has 112 valence electrons. The second-order valence-corrected chi connectivity index (χ2v) is 7.03. The zero-order valence-electron chi connectivity index (χ0n) is 11.3. The van der Waals surface area contributed by atoms with Gasteiger partial charge in [0.25, 0.3) is 0 Å². The Balaban J connectivity index is 1.91. The van der Waals surface area contributed by atoms with Gasteiger partial charge in [0.15, 0.2) is 9.84 Å². The fourth-order valence-electron chi connectivity index (χ4n) is 1.77. The van der Waals surface area contributed by atoms with Gasteiger partial charge < -0.3 is 10.5 Å². The van der Waals surface area contributed by atoms with E-state index in [0.29, 0.717) is 18.7 Å². The number of nitrogens with two attached hydrogens (primary N) is 1. The lowest BCUT2D eigenvalue weighted by molar-refractivity contribution is 0.317. The Morgan fingerprint density at radius 3 is 2.48 bits per heavy atom. The van der Waals surface area contributed by atoms with Crippen LogP contribution in [0.4, 0.5) is 5.69 Å². The highest BCUT2D eigenvalue weighted by molar-refractivity contribution is 7.91. The number of rotatable bonds is 6. The molecule has 0 saturated carbocycles. The van der Waals surface area contributed by atoms with Crippen molar-refractivity contribution in [2.45, 2.75) is 11.3 Å². The van der Waals surface area contributed by atoms with Crippen LogP contribution >= 0.6 is 11.6 Å². The third-order valence-electron chi connectivity index (χ3n) is 2.90. The molecule has 2 aromatic rings. The highest BCUT2D eigenvalue weighted by Gasteiger charge is 2.15. The Bertz CT molecular complexity index is 702. The minimum Gasteiger partial charge on any atom is -0.494 e. The van der Waals surface area contributed by atoms with Crippen molar-refractivity contribution < 1.29 is 13.2 Å². The van der Waals surface area contributed by atoms with E-state index < -0.39 is 9.84 Å². The molecule has 2 rings (SSSR count). The summed E-state index contributed by atoms with van der Waals surface area (Å²) in [5, 5.41) is 0.247. The fourth-order valence-corrected chi connectivity index (χ4v) is 3.33. The van der Waals surface area contributed by atoms with Crippen molar-refractivity contribution in [2.75, 3.05) is 18.1 Å². The molecular formula is C15H16ClNO3S. The van der Waals surface area contributed by atoms with Gasteiger partial charge in [0, 0.05) is 0 Å². The van der Waals surface area contributed by atoms with Gasteiger partial charge in [0.2, 0.25) is 0 Å². The van der Waals surface area contributed by atoms with Crippen molar-refractivity contribution >= 4 is 27.1 Å². The number of ether oxygens (including phenoxy) is 1. The van der Waals surface area contributed by atoms with Crippen LogP contribution in [0.5, 0.6) is 5.75 Å². The van der Waals surface area contributed by atoms with Crippen molar-refractivity contribution in [1.82, 2.24) is 0 Å². The number of halogens is 1. The summed E-state index contributed by atoms with van der Waals surface area (Å²) in [6, 6.07) is 13.6. The summed E-state index contributed by atoms with van der Waals surface area (Å²) in [6.07, 6.45) is 0.402. The molecule has 0 bridgehead atoms. The van der Waals surface area contributed by atoms with Crippen LogP contribution in [0.15, 0.2) is 53.4 Å². The van der Waals surface area contributed by atoms with E-state index in [1.54, 1.807) is 0 Å². The molecule has 0 atom stereocenters. The predicted octanol–water partition coefficient (Wildman–Crippen LogP) is 3.17. The third-order valence-corrected chi connectivity index (χ3v) is 5.03. The quantitative estimate of drug-likeness (QED) is 0.654. The molecule has 21 heavy (non-hydrogen) atoms. The molecule has 4 nitrogen and oxygen atoms in total. The maximum Gasteiger partial charge on any atom is 0.178 e. The normalized spacial score (nSPS) is 11.3. The first-order valence-corrected chi connectivity index (χ1v) is 8.48. The van der Waals surface area contributed by atoms with Gasteiger partial charge in [-0.15, -0.1) is 0 Å². The Hall–Kier alpha value is -1.72. The van der Waals surface area contributed by atoms with Crippen molar-refractivity contribution in [2.24, 2.45) is 0 Å². The third kappa shape index (κ3) is 4.37. The highest BCUT2D eigenvalue weighted by Crippen LogP contribution is 2.23. The molecular weight excluding hydrogens is 310 g/mol. The molecule has 0 saturated heterocycles. The molecule has 0 fully saturated rings.